The number of aliphatic hydroxyl groups is 2. The first-order chi connectivity index (χ1) is 14.6. The van der Waals surface area contributed by atoms with Crippen molar-refractivity contribution in [2.24, 2.45) is 23.7 Å². The van der Waals surface area contributed by atoms with Crippen molar-refractivity contribution in [2.45, 2.75) is 51.2 Å². The van der Waals surface area contributed by atoms with E-state index >= 15 is 0 Å². The highest BCUT2D eigenvalue weighted by Gasteiger charge is 2.46. The molecule has 0 heterocycles. The first-order valence-electron chi connectivity index (χ1n) is 11.1. The highest BCUT2D eigenvalue weighted by Crippen LogP contribution is 2.51. The molecule has 2 unspecified atom stereocenters. The molecule has 2 fully saturated rings. The number of hydrogen-bond acceptors (Lipinski definition) is 5. The zero-order chi connectivity index (χ0) is 21.3. The van der Waals surface area contributed by atoms with Gasteiger partial charge in [0.2, 0.25) is 0 Å². The lowest BCUT2D eigenvalue weighted by Gasteiger charge is -2.19. The van der Waals surface area contributed by atoms with E-state index in [0.717, 1.165) is 37.9 Å². The van der Waals surface area contributed by atoms with Crippen molar-refractivity contribution >= 4 is 5.97 Å². The van der Waals surface area contributed by atoms with Gasteiger partial charge in [0.25, 0.3) is 0 Å². The Morgan fingerprint density at radius 3 is 2.80 bits per heavy atom. The van der Waals surface area contributed by atoms with E-state index in [1.165, 1.54) is 6.08 Å². The van der Waals surface area contributed by atoms with Crippen molar-refractivity contribution in [3.8, 4) is 5.75 Å². The minimum absolute atomic E-state index is 0.0986. The lowest BCUT2D eigenvalue weighted by atomic mass is 9.89. The van der Waals surface area contributed by atoms with Crippen molar-refractivity contribution in [3.05, 3.63) is 54.6 Å². The van der Waals surface area contributed by atoms with E-state index < -0.39 is 6.10 Å². The van der Waals surface area contributed by atoms with Crippen LogP contribution in [0.1, 0.15) is 39.0 Å². The Hall–Kier alpha value is -2.11. The van der Waals surface area contributed by atoms with E-state index in [9.17, 15) is 15.0 Å². The van der Waals surface area contributed by atoms with Gasteiger partial charge in [0.1, 0.15) is 18.5 Å². The summed E-state index contributed by atoms with van der Waals surface area (Å²) in [5.74, 6) is 2.21. The van der Waals surface area contributed by atoms with Crippen LogP contribution in [0.25, 0.3) is 0 Å². The number of fused-ring (bicyclic) bond motifs is 1. The Labute approximate surface area is 179 Å². The monoisotopic (exact) mass is 414 g/mol. The number of esters is 1. The molecule has 1 aromatic rings. The smallest absolute Gasteiger partial charge is 0.330 e. The Morgan fingerprint density at radius 1 is 1.23 bits per heavy atom. The summed E-state index contributed by atoms with van der Waals surface area (Å²) in [6.07, 6.45) is 11.2. The number of hydrogen-bond donors (Lipinski definition) is 2. The molecule has 164 valence electrons. The average Bonchev–Trinajstić information content (AvgIpc) is 3.25. The van der Waals surface area contributed by atoms with Crippen LogP contribution in [-0.4, -0.2) is 41.6 Å². The molecule has 0 amide bonds. The third kappa shape index (κ3) is 6.44. The molecule has 5 heteroatoms. The van der Waals surface area contributed by atoms with E-state index in [2.05, 4.69) is 0 Å². The van der Waals surface area contributed by atoms with Crippen LogP contribution < -0.4 is 4.74 Å². The topological polar surface area (TPSA) is 76.0 Å². The summed E-state index contributed by atoms with van der Waals surface area (Å²) in [7, 11) is 0. The zero-order valence-electron chi connectivity index (χ0n) is 17.7. The van der Waals surface area contributed by atoms with Gasteiger partial charge in [-0.3, -0.25) is 0 Å². The predicted octanol–water partition coefficient (Wildman–Crippen LogP) is 3.91. The van der Waals surface area contributed by atoms with Gasteiger partial charge in [-0.2, -0.15) is 0 Å². The van der Waals surface area contributed by atoms with Gasteiger partial charge >= 0.3 is 5.97 Å². The SMILES string of the molecule is CCOC(=O)/C=C/CCC1C[C@H]2C[C@@H](O)[C@H](C=CC(O)COc3ccccc3)[C@@H]2C1. The van der Waals surface area contributed by atoms with Crippen LogP contribution >= 0.6 is 0 Å². The molecule has 0 bridgehead atoms. The Kier molecular flexibility index (Phi) is 8.52. The van der Waals surface area contributed by atoms with Crippen LogP contribution in [0.2, 0.25) is 0 Å². The van der Waals surface area contributed by atoms with Crippen molar-refractivity contribution < 1.29 is 24.5 Å². The zero-order valence-corrected chi connectivity index (χ0v) is 17.7. The predicted molar refractivity (Wildman–Crippen MR) is 116 cm³/mol. The summed E-state index contributed by atoms with van der Waals surface area (Å²) in [5, 5.41) is 20.7. The first kappa shape index (κ1) is 22.6. The van der Waals surface area contributed by atoms with E-state index in [4.69, 9.17) is 9.47 Å². The maximum absolute atomic E-state index is 11.4. The fourth-order valence-electron chi connectivity index (χ4n) is 4.99. The molecule has 30 heavy (non-hydrogen) atoms. The van der Waals surface area contributed by atoms with Crippen LogP contribution in [0, 0.1) is 23.7 Å². The van der Waals surface area contributed by atoms with Gasteiger partial charge in [-0.1, -0.05) is 36.4 Å². The van der Waals surface area contributed by atoms with Gasteiger partial charge in [0.15, 0.2) is 0 Å². The van der Waals surface area contributed by atoms with Gasteiger partial charge in [-0.25, -0.2) is 4.79 Å². The van der Waals surface area contributed by atoms with Crippen molar-refractivity contribution in [2.75, 3.05) is 13.2 Å². The number of aliphatic hydroxyl groups excluding tert-OH is 2. The third-order valence-electron chi connectivity index (χ3n) is 6.33. The molecule has 2 N–H and O–H groups in total. The minimum Gasteiger partial charge on any atom is -0.491 e. The molecule has 0 aromatic heterocycles. The van der Waals surface area contributed by atoms with E-state index in [1.54, 1.807) is 13.0 Å². The number of benzene rings is 1. The normalized spacial score (nSPS) is 29.4. The molecule has 3 rings (SSSR count). The second kappa shape index (κ2) is 11.3. The first-order valence-corrected chi connectivity index (χ1v) is 11.1. The summed E-state index contributed by atoms with van der Waals surface area (Å²) in [6.45, 7) is 2.41. The third-order valence-corrected chi connectivity index (χ3v) is 6.33. The molecule has 2 aliphatic carbocycles. The quantitative estimate of drug-likeness (QED) is 0.345. The molecular weight excluding hydrogens is 380 g/mol. The van der Waals surface area contributed by atoms with E-state index in [1.807, 2.05) is 42.5 Å². The van der Waals surface area contributed by atoms with Gasteiger partial charge in [-0.05, 0) is 68.9 Å². The van der Waals surface area contributed by atoms with Gasteiger partial charge in [0, 0.05) is 12.0 Å². The Morgan fingerprint density at radius 2 is 2.03 bits per heavy atom. The number of para-hydroxylation sites is 1. The number of rotatable bonds is 10. The van der Waals surface area contributed by atoms with Gasteiger partial charge in [0.05, 0.1) is 12.7 Å². The molecule has 0 radical (unpaired) electrons. The summed E-state index contributed by atoms with van der Waals surface area (Å²) in [4.78, 5) is 11.4. The minimum atomic E-state index is -0.693. The largest absolute Gasteiger partial charge is 0.491 e. The van der Waals surface area contributed by atoms with Gasteiger partial charge < -0.3 is 19.7 Å². The summed E-state index contributed by atoms with van der Waals surface area (Å²) in [6, 6.07) is 9.45. The molecule has 0 saturated heterocycles. The molecule has 0 aliphatic heterocycles. The average molecular weight is 415 g/mol. The molecule has 0 spiro atoms. The number of carbonyl (C=O) groups is 1. The molecule has 2 saturated carbocycles. The number of ether oxygens (including phenoxy) is 2. The van der Waals surface area contributed by atoms with Crippen LogP contribution in [0.3, 0.4) is 0 Å². The number of carbonyl (C=O) groups excluding carboxylic acids is 1. The van der Waals surface area contributed by atoms with E-state index in [0.29, 0.717) is 24.4 Å². The lowest BCUT2D eigenvalue weighted by Crippen LogP contribution is -2.20. The molecule has 5 nitrogen and oxygen atoms in total. The molecule has 6 atom stereocenters. The van der Waals surface area contributed by atoms with Crippen LogP contribution in [-0.2, 0) is 9.53 Å². The molecule has 2 aliphatic rings. The van der Waals surface area contributed by atoms with Crippen molar-refractivity contribution in [3.63, 3.8) is 0 Å². The van der Waals surface area contributed by atoms with Crippen LogP contribution in [0.4, 0.5) is 0 Å². The fourth-order valence-corrected chi connectivity index (χ4v) is 4.99. The van der Waals surface area contributed by atoms with E-state index in [-0.39, 0.29) is 24.6 Å². The summed E-state index contributed by atoms with van der Waals surface area (Å²) < 4.78 is 10.5. The maximum Gasteiger partial charge on any atom is 0.330 e. The molecular formula is C25H34O5. The van der Waals surface area contributed by atoms with Crippen LogP contribution in [0.5, 0.6) is 5.75 Å². The van der Waals surface area contributed by atoms with Crippen LogP contribution in [0.15, 0.2) is 54.6 Å². The Balaban J connectivity index is 1.44. The van der Waals surface area contributed by atoms with Crippen molar-refractivity contribution in [1.82, 2.24) is 0 Å². The highest BCUT2D eigenvalue weighted by atomic mass is 16.5. The summed E-state index contributed by atoms with van der Waals surface area (Å²) in [5.41, 5.74) is 0. The number of allylic oxidation sites excluding steroid dienone is 1. The highest BCUT2D eigenvalue weighted by molar-refractivity contribution is 5.81. The Bertz CT molecular complexity index is 714. The fraction of sp³-hybridized carbons (Fsp3) is 0.560. The standard InChI is InChI=1S/C25H34O5/c1-2-29-25(28)11-7-6-8-18-14-19-16-24(27)22(23(19)15-18)13-12-20(26)17-30-21-9-4-3-5-10-21/h3-5,7,9-13,18-20,22-24,26-27H,2,6,8,14-17H2,1H3/b11-7+,13-12?/t18?,19-,20?,22+,23+,24+/m0/s1. The molecule has 1 aromatic carbocycles. The van der Waals surface area contributed by atoms with Crippen molar-refractivity contribution in [1.29, 1.82) is 0 Å². The second-order valence-corrected chi connectivity index (χ2v) is 8.45. The second-order valence-electron chi connectivity index (χ2n) is 8.45. The van der Waals surface area contributed by atoms with Gasteiger partial charge in [-0.15, -0.1) is 0 Å². The maximum atomic E-state index is 11.4. The lowest BCUT2D eigenvalue weighted by molar-refractivity contribution is -0.137. The summed E-state index contributed by atoms with van der Waals surface area (Å²) >= 11 is 0.